The lowest BCUT2D eigenvalue weighted by molar-refractivity contribution is -0.107. The highest BCUT2D eigenvalue weighted by atomic mass is 16.2. The van der Waals surface area contributed by atoms with Gasteiger partial charge in [0.25, 0.3) is 5.91 Å². The summed E-state index contributed by atoms with van der Waals surface area (Å²) in [6.07, 6.45) is 3.28. The van der Waals surface area contributed by atoms with Crippen molar-refractivity contribution in [3.63, 3.8) is 0 Å². The molecule has 1 aliphatic heterocycles. The monoisotopic (exact) mass is 266 g/mol. The van der Waals surface area contributed by atoms with Gasteiger partial charge in [-0.25, -0.2) is 19.9 Å². The van der Waals surface area contributed by atoms with Crippen molar-refractivity contribution < 1.29 is 9.59 Å². The maximum atomic E-state index is 12.5. The zero-order valence-electron chi connectivity index (χ0n) is 10.6. The SMILES string of the molecule is Cc1ccccc1C(=O)N(C=O)c1ncnc2c1C=N2. The molecule has 1 aromatic heterocycles. The van der Waals surface area contributed by atoms with Gasteiger partial charge in [0.05, 0.1) is 5.56 Å². The van der Waals surface area contributed by atoms with Crippen molar-refractivity contribution in [2.24, 2.45) is 4.99 Å². The van der Waals surface area contributed by atoms with Crippen LogP contribution in [0.4, 0.5) is 11.6 Å². The highest BCUT2D eigenvalue weighted by molar-refractivity contribution is 6.18. The Kier molecular flexibility index (Phi) is 2.83. The van der Waals surface area contributed by atoms with E-state index in [4.69, 9.17) is 0 Å². The Labute approximate surface area is 114 Å². The summed E-state index contributed by atoms with van der Waals surface area (Å²) in [7, 11) is 0. The summed E-state index contributed by atoms with van der Waals surface area (Å²) >= 11 is 0. The minimum atomic E-state index is -0.417. The number of nitrogens with zero attached hydrogens (tertiary/aromatic N) is 4. The van der Waals surface area contributed by atoms with E-state index in [1.54, 1.807) is 12.1 Å². The lowest BCUT2D eigenvalue weighted by Gasteiger charge is -2.20. The smallest absolute Gasteiger partial charge is 0.266 e. The lowest BCUT2D eigenvalue weighted by atomic mass is 10.1. The number of anilines is 1. The Balaban J connectivity index is 2.03. The van der Waals surface area contributed by atoms with Crippen LogP contribution in [-0.4, -0.2) is 28.5 Å². The predicted octanol–water partition coefficient (Wildman–Crippen LogP) is 1.65. The number of hydrogen-bond donors (Lipinski definition) is 0. The molecule has 98 valence electrons. The van der Waals surface area contributed by atoms with E-state index in [-0.39, 0.29) is 5.82 Å². The van der Waals surface area contributed by atoms with Gasteiger partial charge in [0.1, 0.15) is 6.33 Å². The first-order valence-electron chi connectivity index (χ1n) is 5.96. The van der Waals surface area contributed by atoms with Crippen LogP contribution in [-0.2, 0) is 4.79 Å². The highest BCUT2D eigenvalue weighted by Gasteiger charge is 2.25. The number of amides is 2. The summed E-state index contributed by atoms with van der Waals surface area (Å²) in [5, 5.41) is 0. The molecule has 0 saturated carbocycles. The van der Waals surface area contributed by atoms with E-state index in [0.717, 1.165) is 10.5 Å². The van der Waals surface area contributed by atoms with Crippen molar-refractivity contribution in [2.75, 3.05) is 4.90 Å². The standard InChI is InChI=1S/C14H10N4O2/c1-9-4-2-3-5-10(9)14(20)18(8-19)13-11-6-15-12(11)16-7-17-13/h2-8H,1H3. The van der Waals surface area contributed by atoms with Gasteiger partial charge < -0.3 is 0 Å². The van der Waals surface area contributed by atoms with Crippen molar-refractivity contribution in [1.82, 2.24) is 9.97 Å². The fourth-order valence-electron chi connectivity index (χ4n) is 1.98. The van der Waals surface area contributed by atoms with Crippen molar-refractivity contribution in [3.8, 4) is 0 Å². The number of hydrogen-bond acceptors (Lipinski definition) is 5. The van der Waals surface area contributed by atoms with Gasteiger partial charge in [-0.1, -0.05) is 18.2 Å². The molecule has 0 fully saturated rings. The Hall–Kier alpha value is -2.89. The van der Waals surface area contributed by atoms with Crippen LogP contribution in [0.5, 0.6) is 0 Å². The van der Waals surface area contributed by atoms with Crippen LogP contribution in [0.1, 0.15) is 21.5 Å². The summed E-state index contributed by atoms with van der Waals surface area (Å²) in [6.45, 7) is 1.82. The first-order chi connectivity index (χ1) is 9.72. The molecule has 0 spiro atoms. The molecule has 2 aromatic rings. The third-order valence-corrected chi connectivity index (χ3v) is 3.09. The molecular formula is C14H10N4O2. The summed E-state index contributed by atoms with van der Waals surface area (Å²) in [6, 6.07) is 7.08. The van der Waals surface area contributed by atoms with Crippen LogP contribution in [0.15, 0.2) is 35.6 Å². The van der Waals surface area contributed by atoms with Gasteiger partial charge in [-0.05, 0) is 18.6 Å². The van der Waals surface area contributed by atoms with Crippen molar-refractivity contribution in [3.05, 3.63) is 47.3 Å². The Bertz CT molecular complexity index is 740. The normalized spacial score (nSPS) is 11.4. The zero-order valence-corrected chi connectivity index (χ0v) is 10.6. The van der Waals surface area contributed by atoms with Gasteiger partial charge >= 0.3 is 0 Å². The highest BCUT2D eigenvalue weighted by Crippen LogP contribution is 2.29. The molecule has 6 heteroatoms. The van der Waals surface area contributed by atoms with Crippen molar-refractivity contribution in [1.29, 1.82) is 0 Å². The van der Waals surface area contributed by atoms with Gasteiger partial charge in [-0.3, -0.25) is 9.59 Å². The Morgan fingerprint density at radius 1 is 1.25 bits per heavy atom. The quantitative estimate of drug-likeness (QED) is 0.675. The minimum absolute atomic E-state index is 0.258. The molecule has 1 aliphatic rings. The second-order valence-electron chi connectivity index (χ2n) is 4.29. The number of imide groups is 1. The van der Waals surface area contributed by atoms with E-state index >= 15 is 0 Å². The maximum absolute atomic E-state index is 12.5. The third kappa shape index (κ3) is 1.78. The largest absolute Gasteiger partial charge is 0.278 e. The van der Waals surface area contributed by atoms with Gasteiger partial charge in [0.15, 0.2) is 11.6 Å². The van der Waals surface area contributed by atoms with Crippen molar-refractivity contribution >= 4 is 30.2 Å². The first kappa shape index (κ1) is 12.2. The van der Waals surface area contributed by atoms with Crippen LogP contribution in [0.25, 0.3) is 0 Å². The molecule has 2 heterocycles. The number of aryl methyl sites for hydroxylation is 1. The molecular weight excluding hydrogens is 256 g/mol. The van der Waals surface area contributed by atoms with Gasteiger partial charge in [0, 0.05) is 11.8 Å². The van der Waals surface area contributed by atoms with Crippen LogP contribution in [0.3, 0.4) is 0 Å². The maximum Gasteiger partial charge on any atom is 0.266 e. The number of aliphatic imine (C=N–C) groups is 1. The van der Waals surface area contributed by atoms with E-state index in [2.05, 4.69) is 15.0 Å². The molecule has 0 radical (unpaired) electrons. The second kappa shape index (κ2) is 4.65. The summed E-state index contributed by atoms with van der Waals surface area (Å²) in [4.78, 5) is 36.6. The fourth-order valence-corrected chi connectivity index (χ4v) is 1.98. The number of benzene rings is 1. The van der Waals surface area contributed by atoms with E-state index in [1.807, 2.05) is 19.1 Å². The van der Waals surface area contributed by atoms with E-state index in [9.17, 15) is 9.59 Å². The molecule has 0 N–H and O–H groups in total. The average molecular weight is 266 g/mol. The molecule has 6 nitrogen and oxygen atoms in total. The predicted molar refractivity (Wildman–Crippen MR) is 73.3 cm³/mol. The topological polar surface area (TPSA) is 75.5 Å². The number of rotatable bonds is 3. The van der Waals surface area contributed by atoms with Gasteiger partial charge in [-0.15, -0.1) is 0 Å². The molecule has 20 heavy (non-hydrogen) atoms. The molecule has 2 amide bonds. The number of carbonyl (C=O) groups is 2. The lowest BCUT2D eigenvalue weighted by Crippen LogP contribution is -2.32. The minimum Gasteiger partial charge on any atom is -0.278 e. The van der Waals surface area contributed by atoms with Crippen LogP contribution in [0.2, 0.25) is 0 Å². The van der Waals surface area contributed by atoms with E-state index < -0.39 is 5.91 Å². The summed E-state index contributed by atoms with van der Waals surface area (Å²) in [5.41, 5.74) is 1.86. The molecule has 0 saturated heterocycles. The molecule has 0 atom stereocenters. The fraction of sp³-hybridized carbons (Fsp3) is 0.0714. The Morgan fingerprint density at radius 3 is 2.70 bits per heavy atom. The number of fused-ring (bicyclic) bond motifs is 1. The molecule has 0 unspecified atom stereocenters. The number of carbonyl (C=O) groups excluding carboxylic acids is 2. The van der Waals surface area contributed by atoms with E-state index in [1.165, 1.54) is 12.5 Å². The second-order valence-corrected chi connectivity index (χ2v) is 4.29. The number of aromatic nitrogens is 2. The molecule has 3 rings (SSSR count). The van der Waals surface area contributed by atoms with Crippen LogP contribution in [0, 0.1) is 6.92 Å². The summed E-state index contributed by atoms with van der Waals surface area (Å²) in [5.74, 6) is 0.326. The molecule has 0 bridgehead atoms. The first-order valence-corrected chi connectivity index (χ1v) is 5.96. The summed E-state index contributed by atoms with van der Waals surface area (Å²) < 4.78 is 0. The molecule has 0 aliphatic carbocycles. The van der Waals surface area contributed by atoms with Crippen LogP contribution >= 0.6 is 0 Å². The Morgan fingerprint density at radius 2 is 2.05 bits per heavy atom. The van der Waals surface area contributed by atoms with Gasteiger partial charge in [0.2, 0.25) is 6.41 Å². The van der Waals surface area contributed by atoms with Gasteiger partial charge in [-0.2, -0.15) is 0 Å². The third-order valence-electron chi connectivity index (χ3n) is 3.09. The van der Waals surface area contributed by atoms with E-state index in [0.29, 0.717) is 23.4 Å². The van der Waals surface area contributed by atoms with Crippen LogP contribution < -0.4 is 4.90 Å². The zero-order chi connectivity index (χ0) is 14.1. The van der Waals surface area contributed by atoms with Crippen molar-refractivity contribution in [2.45, 2.75) is 6.92 Å². The molecule has 1 aromatic carbocycles. The average Bonchev–Trinajstić information content (AvgIpc) is 2.42.